The number of halogens is 3. The molecule has 0 spiro atoms. The number of aryl methyl sites for hydroxylation is 1. The Labute approximate surface area is 137 Å². The second-order valence-electron chi connectivity index (χ2n) is 4.78. The molecule has 1 heterocycles. The molecule has 0 bridgehead atoms. The van der Waals surface area contributed by atoms with Crippen LogP contribution in [0.1, 0.15) is 37.6 Å². The van der Waals surface area contributed by atoms with E-state index in [-0.39, 0.29) is 11.9 Å². The maximum Gasteiger partial charge on any atom is 0.124 e. The van der Waals surface area contributed by atoms with Gasteiger partial charge in [0.15, 0.2) is 0 Å². The second-order valence-corrected chi connectivity index (χ2v) is 6.11. The van der Waals surface area contributed by atoms with Crippen LogP contribution in [0.25, 0.3) is 0 Å². The SMILES string of the molecule is CCCNC(c1cc(F)cc(Br)c1)c1c(Cl)cnn1CC. The number of hydrogen-bond acceptors (Lipinski definition) is 2. The number of aromatic nitrogens is 2. The Morgan fingerprint density at radius 1 is 1.38 bits per heavy atom. The summed E-state index contributed by atoms with van der Waals surface area (Å²) in [6.45, 7) is 5.61. The molecule has 2 aromatic rings. The topological polar surface area (TPSA) is 29.9 Å². The summed E-state index contributed by atoms with van der Waals surface area (Å²) in [5.41, 5.74) is 1.69. The molecule has 1 N–H and O–H groups in total. The second kappa shape index (κ2) is 7.38. The smallest absolute Gasteiger partial charge is 0.124 e. The van der Waals surface area contributed by atoms with E-state index in [0.29, 0.717) is 16.0 Å². The minimum absolute atomic E-state index is 0.188. The molecule has 0 aliphatic rings. The monoisotopic (exact) mass is 373 g/mol. The molecule has 0 fully saturated rings. The molecule has 0 amide bonds. The van der Waals surface area contributed by atoms with Gasteiger partial charge < -0.3 is 5.32 Å². The van der Waals surface area contributed by atoms with E-state index < -0.39 is 0 Å². The van der Waals surface area contributed by atoms with Gasteiger partial charge in [0.1, 0.15) is 5.82 Å². The summed E-state index contributed by atoms with van der Waals surface area (Å²) >= 11 is 9.64. The van der Waals surface area contributed by atoms with Crippen LogP contribution in [0, 0.1) is 5.82 Å². The van der Waals surface area contributed by atoms with Gasteiger partial charge >= 0.3 is 0 Å². The number of nitrogens with one attached hydrogen (secondary N) is 1. The highest BCUT2D eigenvalue weighted by atomic mass is 79.9. The Morgan fingerprint density at radius 3 is 2.76 bits per heavy atom. The molecule has 6 heteroatoms. The largest absolute Gasteiger partial charge is 0.305 e. The first kappa shape index (κ1) is 16.5. The highest BCUT2D eigenvalue weighted by Gasteiger charge is 2.22. The standard InChI is InChI=1S/C15H18BrClFN3/c1-3-5-19-14(10-6-11(16)8-12(18)7-10)15-13(17)9-20-21(15)4-2/h6-9,14,19H,3-5H2,1-2H3. The van der Waals surface area contributed by atoms with Gasteiger partial charge in [-0.05, 0) is 43.7 Å². The normalized spacial score (nSPS) is 12.6. The van der Waals surface area contributed by atoms with Crippen LogP contribution >= 0.6 is 27.5 Å². The molecule has 1 aromatic carbocycles. The number of benzene rings is 1. The van der Waals surface area contributed by atoms with Crippen molar-refractivity contribution in [2.24, 2.45) is 0 Å². The third kappa shape index (κ3) is 3.84. The van der Waals surface area contributed by atoms with E-state index in [1.807, 2.05) is 17.7 Å². The lowest BCUT2D eigenvalue weighted by Gasteiger charge is -2.21. The van der Waals surface area contributed by atoms with Crippen LogP contribution in [0.4, 0.5) is 4.39 Å². The van der Waals surface area contributed by atoms with E-state index in [0.717, 1.165) is 24.2 Å². The molecule has 2 rings (SSSR count). The Morgan fingerprint density at radius 2 is 2.14 bits per heavy atom. The van der Waals surface area contributed by atoms with Crippen LogP contribution < -0.4 is 5.32 Å². The maximum absolute atomic E-state index is 13.7. The fourth-order valence-corrected chi connectivity index (χ4v) is 3.05. The first-order chi connectivity index (χ1) is 10.1. The fourth-order valence-electron chi connectivity index (χ4n) is 2.31. The van der Waals surface area contributed by atoms with E-state index in [1.54, 1.807) is 6.20 Å². The molecule has 3 nitrogen and oxygen atoms in total. The van der Waals surface area contributed by atoms with Gasteiger partial charge in [-0.15, -0.1) is 0 Å². The summed E-state index contributed by atoms with van der Waals surface area (Å²) in [7, 11) is 0. The molecule has 0 aliphatic heterocycles. The average Bonchev–Trinajstić information content (AvgIpc) is 2.80. The molecule has 1 atom stereocenters. The Bertz CT molecular complexity index is 595. The van der Waals surface area contributed by atoms with Crippen molar-refractivity contribution in [2.75, 3.05) is 6.54 Å². The third-order valence-electron chi connectivity index (χ3n) is 3.22. The number of hydrogen-bond donors (Lipinski definition) is 1. The van der Waals surface area contributed by atoms with Gasteiger partial charge in [-0.3, -0.25) is 4.68 Å². The molecular formula is C15H18BrClFN3. The van der Waals surface area contributed by atoms with Crippen molar-refractivity contribution >= 4 is 27.5 Å². The number of nitrogens with zero attached hydrogens (tertiary/aromatic N) is 2. The van der Waals surface area contributed by atoms with Gasteiger partial charge in [-0.1, -0.05) is 34.5 Å². The molecule has 0 saturated heterocycles. The van der Waals surface area contributed by atoms with Crippen molar-refractivity contribution in [2.45, 2.75) is 32.9 Å². The molecule has 1 unspecified atom stereocenters. The summed E-state index contributed by atoms with van der Waals surface area (Å²) in [5, 5.41) is 8.29. The van der Waals surface area contributed by atoms with E-state index >= 15 is 0 Å². The van der Waals surface area contributed by atoms with Crippen molar-refractivity contribution in [1.29, 1.82) is 0 Å². The summed E-state index contributed by atoms with van der Waals surface area (Å²) in [6.07, 6.45) is 2.61. The molecular weight excluding hydrogens is 357 g/mol. The lowest BCUT2D eigenvalue weighted by atomic mass is 10.0. The zero-order chi connectivity index (χ0) is 15.4. The summed E-state index contributed by atoms with van der Waals surface area (Å²) in [4.78, 5) is 0. The molecule has 114 valence electrons. The molecule has 21 heavy (non-hydrogen) atoms. The van der Waals surface area contributed by atoms with Gasteiger partial charge in [-0.2, -0.15) is 5.10 Å². The van der Waals surface area contributed by atoms with Crippen LogP contribution in [-0.4, -0.2) is 16.3 Å². The lowest BCUT2D eigenvalue weighted by molar-refractivity contribution is 0.526. The summed E-state index contributed by atoms with van der Waals surface area (Å²) in [6, 6.07) is 4.69. The van der Waals surface area contributed by atoms with Crippen molar-refractivity contribution in [3.8, 4) is 0 Å². The van der Waals surface area contributed by atoms with E-state index in [9.17, 15) is 4.39 Å². The van der Waals surface area contributed by atoms with Gasteiger partial charge in [-0.25, -0.2) is 4.39 Å². The van der Waals surface area contributed by atoms with Gasteiger partial charge in [0, 0.05) is 11.0 Å². The van der Waals surface area contributed by atoms with Crippen LogP contribution in [-0.2, 0) is 6.54 Å². The predicted octanol–water partition coefficient (Wildman–Crippen LogP) is 4.55. The van der Waals surface area contributed by atoms with E-state index in [1.165, 1.54) is 12.1 Å². The minimum atomic E-state index is -0.277. The van der Waals surface area contributed by atoms with Crippen LogP contribution in [0.2, 0.25) is 5.02 Å². The van der Waals surface area contributed by atoms with Gasteiger partial charge in [0.05, 0.1) is 23.0 Å². The Balaban J connectivity index is 2.49. The summed E-state index contributed by atoms with van der Waals surface area (Å²) < 4.78 is 16.3. The third-order valence-corrected chi connectivity index (χ3v) is 3.97. The zero-order valence-corrected chi connectivity index (χ0v) is 14.4. The van der Waals surface area contributed by atoms with Gasteiger partial charge in [0.2, 0.25) is 0 Å². The zero-order valence-electron chi connectivity index (χ0n) is 12.0. The lowest BCUT2D eigenvalue weighted by Crippen LogP contribution is -2.26. The molecule has 1 aromatic heterocycles. The molecule has 0 radical (unpaired) electrons. The van der Waals surface area contributed by atoms with Crippen LogP contribution in [0.15, 0.2) is 28.9 Å². The van der Waals surface area contributed by atoms with Crippen LogP contribution in [0.5, 0.6) is 0 Å². The Kier molecular flexibility index (Phi) is 5.79. The predicted molar refractivity (Wildman–Crippen MR) is 87.1 cm³/mol. The quantitative estimate of drug-likeness (QED) is 0.804. The van der Waals surface area contributed by atoms with Crippen molar-refractivity contribution < 1.29 is 4.39 Å². The highest BCUT2D eigenvalue weighted by molar-refractivity contribution is 9.10. The van der Waals surface area contributed by atoms with Crippen molar-refractivity contribution in [3.63, 3.8) is 0 Å². The van der Waals surface area contributed by atoms with Crippen LogP contribution in [0.3, 0.4) is 0 Å². The van der Waals surface area contributed by atoms with Crippen molar-refractivity contribution in [3.05, 3.63) is 51.0 Å². The average molecular weight is 375 g/mol. The molecule has 0 aliphatic carbocycles. The Hall–Kier alpha value is -0.910. The van der Waals surface area contributed by atoms with E-state index in [2.05, 4.69) is 33.3 Å². The first-order valence-corrected chi connectivity index (χ1v) is 8.14. The van der Waals surface area contributed by atoms with Gasteiger partial charge in [0.25, 0.3) is 0 Å². The van der Waals surface area contributed by atoms with E-state index in [4.69, 9.17) is 11.6 Å². The first-order valence-electron chi connectivity index (χ1n) is 6.97. The summed E-state index contributed by atoms with van der Waals surface area (Å²) in [5.74, 6) is -0.277. The van der Waals surface area contributed by atoms with Crippen molar-refractivity contribution in [1.82, 2.24) is 15.1 Å². The highest BCUT2D eigenvalue weighted by Crippen LogP contribution is 2.30. The fraction of sp³-hybridized carbons (Fsp3) is 0.400. The number of rotatable bonds is 6. The molecule has 0 saturated carbocycles. The maximum atomic E-state index is 13.7. The minimum Gasteiger partial charge on any atom is -0.305 e.